The fourth-order valence-corrected chi connectivity index (χ4v) is 1.38. The van der Waals surface area contributed by atoms with Crippen LogP contribution >= 0.6 is 0 Å². The van der Waals surface area contributed by atoms with Gasteiger partial charge in [-0.3, -0.25) is 9.79 Å². The quantitative estimate of drug-likeness (QED) is 0.699. The van der Waals surface area contributed by atoms with E-state index < -0.39 is 0 Å². The van der Waals surface area contributed by atoms with Gasteiger partial charge in [0.15, 0.2) is 0 Å². The fraction of sp³-hybridized carbons (Fsp3) is 0.429. The number of rotatable bonds is 1. The summed E-state index contributed by atoms with van der Waals surface area (Å²) in [5.41, 5.74) is 2.40. The second-order valence-corrected chi connectivity index (χ2v) is 4.81. The van der Waals surface area contributed by atoms with E-state index in [1.54, 1.807) is 0 Å². The standard InChI is InChI=1S/C9H9N.C5H10O2/c1-2-4-9-7-10-6-5-8(9)3-1;1-5(2,3)7-4-6/h1-4,7H,5-6H2;4H,1-3H3. The van der Waals surface area contributed by atoms with Gasteiger partial charge in [-0.25, -0.2) is 0 Å². The summed E-state index contributed by atoms with van der Waals surface area (Å²) in [5, 5.41) is 0. The maximum absolute atomic E-state index is 9.60. The van der Waals surface area contributed by atoms with Crippen LogP contribution in [0.2, 0.25) is 0 Å². The predicted octanol–water partition coefficient (Wildman–Crippen LogP) is 2.62. The fourth-order valence-electron chi connectivity index (χ4n) is 1.38. The van der Waals surface area contributed by atoms with Gasteiger partial charge in [0.1, 0.15) is 5.60 Å². The molecule has 0 atom stereocenters. The Kier molecular flexibility index (Phi) is 4.88. The zero-order valence-electron chi connectivity index (χ0n) is 10.6. The zero-order valence-corrected chi connectivity index (χ0v) is 10.6. The van der Waals surface area contributed by atoms with E-state index in [4.69, 9.17) is 0 Å². The Hall–Kier alpha value is -1.64. The van der Waals surface area contributed by atoms with Crippen molar-refractivity contribution in [3.63, 3.8) is 0 Å². The molecule has 0 N–H and O–H groups in total. The zero-order chi connectivity index (χ0) is 12.7. The molecule has 17 heavy (non-hydrogen) atoms. The van der Waals surface area contributed by atoms with Crippen molar-refractivity contribution in [2.24, 2.45) is 4.99 Å². The molecule has 2 rings (SSSR count). The number of carbonyl (C=O) groups excluding carboxylic acids is 1. The molecule has 0 fully saturated rings. The number of hydrogen-bond acceptors (Lipinski definition) is 3. The topological polar surface area (TPSA) is 38.7 Å². The number of benzene rings is 1. The Balaban J connectivity index is 0.000000185. The van der Waals surface area contributed by atoms with E-state index in [2.05, 4.69) is 34.0 Å². The molecule has 1 aliphatic rings. The highest BCUT2D eigenvalue weighted by atomic mass is 16.5. The van der Waals surface area contributed by atoms with Crippen LogP contribution in [-0.2, 0) is 16.0 Å². The first-order valence-electron chi connectivity index (χ1n) is 5.72. The summed E-state index contributed by atoms with van der Waals surface area (Å²) in [6, 6.07) is 8.41. The molecule has 1 aliphatic heterocycles. The summed E-state index contributed by atoms with van der Waals surface area (Å²) in [4.78, 5) is 13.8. The summed E-state index contributed by atoms with van der Waals surface area (Å²) in [5.74, 6) is 0. The Bertz CT molecular complexity index is 391. The van der Waals surface area contributed by atoms with Gasteiger partial charge in [0, 0.05) is 12.8 Å². The van der Waals surface area contributed by atoms with E-state index >= 15 is 0 Å². The first kappa shape index (κ1) is 13.4. The van der Waals surface area contributed by atoms with Crippen LogP contribution in [0.4, 0.5) is 0 Å². The Morgan fingerprint density at radius 2 is 2.00 bits per heavy atom. The number of fused-ring (bicyclic) bond motifs is 1. The largest absolute Gasteiger partial charge is 0.462 e. The van der Waals surface area contributed by atoms with Crippen LogP contribution in [0.25, 0.3) is 0 Å². The van der Waals surface area contributed by atoms with Gasteiger partial charge in [0.2, 0.25) is 0 Å². The van der Waals surface area contributed by atoms with Crippen LogP contribution in [0.3, 0.4) is 0 Å². The predicted molar refractivity (Wildman–Crippen MR) is 69.5 cm³/mol. The van der Waals surface area contributed by atoms with Gasteiger partial charge in [-0.05, 0) is 38.3 Å². The molecule has 1 heterocycles. The molecule has 3 heteroatoms. The maximum Gasteiger partial charge on any atom is 0.293 e. The Morgan fingerprint density at radius 3 is 2.53 bits per heavy atom. The van der Waals surface area contributed by atoms with E-state index in [0.29, 0.717) is 6.47 Å². The molecule has 3 nitrogen and oxygen atoms in total. The third-order valence-electron chi connectivity index (χ3n) is 2.20. The van der Waals surface area contributed by atoms with Crippen molar-refractivity contribution in [3.8, 4) is 0 Å². The molecule has 0 saturated carbocycles. The number of ether oxygens (including phenoxy) is 1. The third kappa shape index (κ3) is 5.29. The highest BCUT2D eigenvalue weighted by Crippen LogP contribution is 2.10. The highest BCUT2D eigenvalue weighted by molar-refractivity contribution is 5.82. The second kappa shape index (κ2) is 6.18. The lowest BCUT2D eigenvalue weighted by molar-refractivity contribution is -0.138. The molecule has 0 unspecified atom stereocenters. The third-order valence-corrected chi connectivity index (χ3v) is 2.20. The van der Waals surface area contributed by atoms with E-state index in [-0.39, 0.29) is 5.60 Å². The van der Waals surface area contributed by atoms with Gasteiger partial charge in [0.25, 0.3) is 6.47 Å². The van der Waals surface area contributed by atoms with Crippen molar-refractivity contribution >= 4 is 12.7 Å². The van der Waals surface area contributed by atoms with E-state index in [1.807, 2.05) is 27.0 Å². The normalized spacial score (nSPS) is 13.1. The second-order valence-electron chi connectivity index (χ2n) is 4.81. The average Bonchev–Trinajstić information content (AvgIpc) is 2.28. The van der Waals surface area contributed by atoms with E-state index in [1.165, 1.54) is 11.1 Å². The molecule has 1 aromatic carbocycles. The minimum Gasteiger partial charge on any atom is -0.462 e. The number of nitrogens with zero attached hydrogens (tertiary/aromatic N) is 1. The molecule has 0 aromatic heterocycles. The summed E-state index contributed by atoms with van der Waals surface area (Å²) in [6.45, 7) is 6.88. The smallest absolute Gasteiger partial charge is 0.293 e. The minimum atomic E-state index is -0.318. The number of carbonyl (C=O) groups is 1. The van der Waals surface area contributed by atoms with Crippen LogP contribution in [0.1, 0.15) is 31.9 Å². The minimum absolute atomic E-state index is 0.318. The average molecular weight is 233 g/mol. The molecule has 0 radical (unpaired) electrons. The number of hydrogen-bond donors (Lipinski definition) is 0. The first-order chi connectivity index (χ1) is 8.03. The lowest BCUT2D eigenvalue weighted by Crippen LogP contribution is -2.17. The monoisotopic (exact) mass is 233 g/mol. The molecule has 1 aromatic rings. The van der Waals surface area contributed by atoms with Crippen LogP contribution < -0.4 is 0 Å². The summed E-state index contributed by atoms with van der Waals surface area (Å²) in [7, 11) is 0. The van der Waals surface area contributed by atoms with Crippen LogP contribution in [0, 0.1) is 0 Å². The number of aliphatic imine (C=N–C) groups is 1. The highest BCUT2D eigenvalue weighted by Gasteiger charge is 2.07. The molecule has 0 aliphatic carbocycles. The molecule has 92 valence electrons. The van der Waals surface area contributed by atoms with Crippen LogP contribution in [-0.4, -0.2) is 24.8 Å². The molecule has 0 bridgehead atoms. The van der Waals surface area contributed by atoms with Gasteiger partial charge in [-0.1, -0.05) is 24.3 Å². The maximum atomic E-state index is 9.60. The van der Waals surface area contributed by atoms with Crippen molar-refractivity contribution < 1.29 is 9.53 Å². The van der Waals surface area contributed by atoms with Gasteiger partial charge in [-0.15, -0.1) is 0 Å². The lowest BCUT2D eigenvalue weighted by atomic mass is 10.0. The lowest BCUT2D eigenvalue weighted by Gasteiger charge is -2.14. The van der Waals surface area contributed by atoms with Crippen molar-refractivity contribution in [1.82, 2.24) is 0 Å². The van der Waals surface area contributed by atoms with Gasteiger partial charge in [0.05, 0.1) is 0 Å². The van der Waals surface area contributed by atoms with Gasteiger partial charge in [-0.2, -0.15) is 0 Å². The Labute approximate surface area is 103 Å². The molecule has 0 amide bonds. The molecule has 0 spiro atoms. The van der Waals surface area contributed by atoms with Crippen molar-refractivity contribution in [2.45, 2.75) is 32.8 Å². The van der Waals surface area contributed by atoms with Gasteiger partial charge < -0.3 is 4.74 Å². The SMILES string of the molecule is C1=NCCc2ccccc21.CC(C)(C)OC=O. The van der Waals surface area contributed by atoms with Crippen LogP contribution in [0.5, 0.6) is 0 Å². The van der Waals surface area contributed by atoms with E-state index in [0.717, 1.165) is 13.0 Å². The molecule has 0 saturated heterocycles. The first-order valence-corrected chi connectivity index (χ1v) is 5.72. The summed E-state index contributed by atoms with van der Waals surface area (Å²) < 4.78 is 4.55. The van der Waals surface area contributed by atoms with Gasteiger partial charge >= 0.3 is 0 Å². The van der Waals surface area contributed by atoms with Crippen LogP contribution in [0.15, 0.2) is 29.3 Å². The molecular formula is C14H19NO2. The summed E-state index contributed by atoms with van der Waals surface area (Å²) >= 11 is 0. The van der Waals surface area contributed by atoms with Crippen molar-refractivity contribution in [3.05, 3.63) is 35.4 Å². The summed E-state index contributed by atoms with van der Waals surface area (Å²) in [6.07, 6.45) is 3.06. The van der Waals surface area contributed by atoms with Crippen molar-refractivity contribution in [2.75, 3.05) is 6.54 Å². The molecular weight excluding hydrogens is 214 g/mol. The van der Waals surface area contributed by atoms with Crippen molar-refractivity contribution in [1.29, 1.82) is 0 Å². The Morgan fingerprint density at radius 1 is 1.29 bits per heavy atom. The van der Waals surface area contributed by atoms with E-state index in [9.17, 15) is 4.79 Å².